The molecule has 1 aromatic rings. The molecule has 1 saturated carbocycles. The quantitative estimate of drug-likeness (QED) is 0.760. The second-order valence-electron chi connectivity index (χ2n) is 5.19. The highest BCUT2D eigenvalue weighted by atomic mass is 35.5. The number of hydrogen-bond acceptors (Lipinski definition) is 2. The van der Waals surface area contributed by atoms with Crippen LogP contribution in [0, 0.1) is 5.92 Å². The van der Waals surface area contributed by atoms with Gasteiger partial charge in [0.25, 0.3) is 0 Å². The molecule has 2 atom stereocenters. The third kappa shape index (κ3) is 3.12. The zero-order valence-corrected chi connectivity index (χ0v) is 11.5. The molecule has 3 heteroatoms. The molecule has 17 heavy (non-hydrogen) atoms. The van der Waals surface area contributed by atoms with E-state index in [0.29, 0.717) is 11.9 Å². The molecule has 0 spiro atoms. The first-order valence-electron chi connectivity index (χ1n) is 6.44. The fraction of sp³-hybridized carbons (Fsp3) is 0.643. The van der Waals surface area contributed by atoms with Gasteiger partial charge in [-0.25, -0.2) is 4.98 Å². The van der Waals surface area contributed by atoms with Crippen molar-refractivity contribution in [1.29, 1.82) is 0 Å². The molecule has 0 saturated heterocycles. The van der Waals surface area contributed by atoms with E-state index < -0.39 is 0 Å². The fourth-order valence-electron chi connectivity index (χ4n) is 2.68. The summed E-state index contributed by atoms with van der Waals surface area (Å²) >= 11 is 5.87. The highest BCUT2D eigenvalue weighted by Gasteiger charge is 2.23. The van der Waals surface area contributed by atoms with Gasteiger partial charge in [-0.3, -0.25) is 0 Å². The van der Waals surface area contributed by atoms with Gasteiger partial charge in [0.2, 0.25) is 0 Å². The van der Waals surface area contributed by atoms with Gasteiger partial charge in [-0.1, -0.05) is 19.8 Å². The molecule has 1 aromatic heterocycles. The molecule has 2 nitrogen and oxygen atoms in total. The predicted octanol–water partition coefficient (Wildman–Crippen LogP) is 3.84. The number of aromatic nitrogens is 1. The lowest BCUT2D eigenvalue weighted by molar-refractivity contribution is 0.335. The molecule has 0 radical (unpaired) electrons. The molecule has 94 valence electrons. The largest absolute Gasteiger partial charge is 0.357 e. The summed E-state index contributed by atoms with van der Waals surface area (Å²) in [6, 6.07) is 4.72. The van der Waals surface area contributed by atoms with E-state index in [1.54, 1.807) is 0 Å². The second-order valence-corrected chi connectivity index (χ2v) is 5.46. The van der Waals surface area contributed by atoms with Crippen LogP contribution in [0.2, 0.25) is 0 Å². The van der Waals surface area contributed by atoms with Crippen molar-refractivity contribution in [2.24, 2.45) is 5.92 Å². The minimum atomic E-state index is 0.560. The van der Waals surface area contributed by atoms with Gasteiger partial charge in [-0.05, 0) is 36.5 Å². The number of rotatable bonds is 3. The van der Waals surface area contributed by atoms with Gasteiger partial charge in [0.15, 0.2) is 0 Å². The molecule has 1 heterocycles. The minimum absolute atomic E-state index is 0.560. The van der Waals surface area contributed by atoms with Crippen LogP contribution >= 0.6 is 11.6 Å². The van der Waals surface area contributed by atoms with Gasteiger partial charge >= 0.3 is 0 Å². The Morgan fingerprint density at radius 1 is 1.47 bits per heavy atom. The number of pyridine rings is 1. The summed E-state index contributed by atoms with van der Waals surface area (Å²) in [5.74, 6) is 2.46. The van der Waals surface area contributed by atoms with Crippen LogP contribution in [0.3, 0.4) is 0 Å². The first kappa shape index (κ1) is 12.7. The van der Waals surface area contributed by atoms with Crippen LogP contribution in [0.5, 0.6) is 0 Å². The van der Waals surface area contributed by atoms with Crippen LogP contribution in [0.15, 0.2) is 18.3 Å². The van der Waals surface area contributed by atoms with Gasteiger partial charge < -0.3 is 4.90 Å². The van der Waals surface area contributed by atoms with E-state index in [-0.39, 0.29) is 0 Å². The third-order valence-corrected chi connectivity index (χ3v) is 4.09. The lowest BCUT2D eigenvalue weighted by Crippen LogP contribution is -2.36. The molecule has 0 aromatic carbocycles. The summed E-state index contributed by atoms with van der Waals surface area (Å²) in [6.45, 7) is 2.35. The van der Waals surface area contributed by atoms with Crippen LogP contribution in [0.1, 0.15) is 38.2 Å². The number of hydrogen-bond donors (Lipinski definition) is 0. The maximum Gasteiger partial charge on any atom is 0.128 e. The summed E-state index contributed by atoms with van der Waals surface area (Å²) in [4.78, 5) is 6.78. The van der Waals surface area contributed by atoms with E-state index >= 15 is 0 Å². The Bertz CT molecular complexity index is 367. The standard InChI is InChI=1S/C14H21ClN2/c1-11-4-3-5-13(8-11)17(2)14-9-12(10-15)6-7-16-14/h6-7,9,11,13H,3-5,8,10H2,1-2H3. The summed E-state index contributed by atoms with van der Waals surface area (Å²) < 4.78 is 0. The molecule has 1 aliphatic carbocycles. The first-order valence-corrected chi connectivity index (χ1v) is 6.98. The summed E-state index contributed by atoms with van der Waals surface area (Å²) in [6.07, 6.45) is 7.14. The van der Waals surface area contributed by atoms with Gasteiger partial charge in [-0.15, -0.1) is 11.6 Å². The van der Waals surface area contributed by atoms with Crippen molar-refractivity contribution in [2.75, 3.05) is 11.9 Å². The van der Waals surface area contributed by atoms with Crippen molar-refractivity contribution < 1.29 is 0 Å². The topological polar surface area (TPSA) is 16.1 Å². The lowest BCUT2D eigenvalue weighted by atomic mass is 9.86. The number of anilines is 1. The highest BCUT2D eigenvalue weighted by Crippen LogP contribution is 2.29. The number of nitrogens with zero attached hydrogens (tertiary/aromatic N) is 2. The number of alkyl halides is 1. The maximum absolute atomic E-state index is 5.87. The van der Waals surface area contributed by atoms with E-state index in [1.165, 1.54) is 25.7 Å². The van der Waals surface area contributed by atoms with Crippen molar-refractivity contribution >= 4 is 17.4 Å². The Labute approximate surface area is 109 Å². The van der Waals surface area contributed by atoms with Crippen molar-refractivity contribution in [3.63, 3.8) is 0 Å². The first-order chi connectivity index (χ1) is 8.20. The molecular weight excluding hydrogens is 232 g/mol. The zero-order valence-electron chi connectivity index (χ0n) is 10.7. The number of halogens is 1. The van der Waals surface area contributed by atoms with Gasteiger partial charge in [0.1, 0.15) is 5.82 Å². The Morgan fingerprint density at radius 2 is 2.29 bits per heavy atom. The Balaban J connectivity index is 2.09. The van der Waals surface area contributed by atoms with E-state index in [4.69, 9.17) is 11.6 Å². The fourth-order valence-corrected chi connectivity index (χ4v) is 2.84. The van der Waals surface area contributed by atoms with Crippen molar-refractivity contribution in [3.8, 4) is 0 Å². The molecule has 0 N–H and O–H groups in total. The van der Waals surface area contributed by atoms with E-state index in [2.05, 4.69) is 29.9 Å². The summed E-state index contributed by atoms with van der Waals surface area (Å²) in [5.41, 5.74) is 1.15. The van der Waals surface area contributed by atoms with Crippen molar-refractivity contribution in [2.45, 2.75) is 44.5 Å². The molecule has 2 unspecified atom stereocenters. The highest BCUT2D eigenvalue weighted by molar-refractivity contribution is 6.17. The average Bonchev–Trinajstić information content (AvgIpc) is 2.38. The molecule has 0 bridgehead atoms. The average molecular weight is 253 g/mol. The lowest BCUT2D eigenvalue weighted by Gasteiger charge is -2.35. The smallest absolute Gasteiger partial charge is 0.128 e. The monoisotopic (exact) mass is 252 g/mol. The molecule has 0 amide bonds. The normalized spacial score (nSPS) is 24.6. The van der Waals surface area contributed by atoms with Gasteiger partial charge in [-0.2, -0.15) is 0 Å². The van der Waals surface area contributed by atoms with Gasteiger partial charge in [0, 0.05) is 25.2 Å². The van der Waals surface area contributed by atoms with Crippen LogP contribution < -0.4 is 4.90 Å². The third-order valence-electron chi connectivity index (χ3n) is 3.78. The Morgan fingerprint density at radius 3 is 3.00 bits per heavy atom. The molecular formula is C14H21ClN2. The predicted molar refractivity (Wildman–Crippen MR) is 73.6 cm³/mol. The van der Waals surface area contributed by atoms with Crippen LogP contribution in [-0.4, -0.2) is 18.1 Å². The van der Waals surface area contributed by atoms with Gasteiger partial charge in [0.05, 0.1) is 0 Å². The van der Waals surface area contributed by atoms with E-state index in [9.17, 15) is 0 Å². The molecule has 1 aliphatic rings. The molecule has 1 fully saturated rings. The molecule has 0 aliphatic heterocycles. The van der Waals surface area contributed by atoms with E-state index in [0.717, 1.165) is 17.3 Å². The zero-order chi connectivity index (χ0) is 12.3. The minimum Gasteiger partial charge on any atom is -0.357 e. The van der Waals surface area contributed by atoms with Crippen molar-refractivity contribution in [3.05, 3.63) is 23.9 Å². The second kappa shape index (κ2) is 5.72. The SMILES string of the molecule is CC1CCCC(N(C)c2cc(CCl)ccn2)C1. The Kier molecular flexibility index (Phi) is 4.27. The Hall–Kier alpha value is -0.760. The van der Waals surface area contributed by atoms with Crippen LogP contribution in [0.25, 0.3) is 0 Å². The van der Waals surface area contributed by atoms with E-state index in [1.807, 2.05) is 12.3 Å². The van der Waals surface area contributed by atoms with Crippen molar-refractivity contribution in [1.82, 2.24) is 4.98 Å². The summed E-state index contributed by atoms with van der Waals surface area (Å²) in [5, 5.41) is 0. The maximum atomic E-state index is 5.87. The van der Waals surface area contributed by atoms with Crippen LogP contribution in [-0.2, 0) is 5.88 Å². The molecule has 2 rings (SSSR count). The summed E-state index contributed by atoms with van der Waals surface area (Å²) in [7, 11) is 2.16. The van der Waals surface area contributed by atoms with Crippen LogP contribution in [0.4, 0.5) is 5.82 Å².